The molecule has 1 aliphatic heterocycles. The third kappa shape index (κ3) is 3.54. The largest absolute Gasteiger partial charge is 0.395 e. The third-order valence-electron chi connectivity index (χ3n) is 4.72. The molecule has 1 heterocycles. The number of aliphatic hydroxyl groups is 1. The summed E-state index contributed by atoms with van der Waals surface area (Å²) in [6.07, 6.45) is 2.03. The normalized spacial score (nSPS) is 19.8. The summed E-state index contributed by atoms with van der Waals surface area (Å²) in [5.41, 5.74) is 1.14. The molecule has 4 heteroatoms. The zero-order valence-electron chi connectivity index (χ0n) is 13.5. The molecule has 2 atom stereocenters. The van der Waals surface area contributed by atoms with Crippen LogP contribution in [-0.2, 0) is 4.79 Å². The quantitative estimate of drug-likeness (QED) is 0.892. The molecule has 1 amide bonds. The molecule has 0 aromatic heterocycles. The van der Waals surface area contributed by atoms with Gasteiger partial charge in [-0.3, -0.25) is 9.69 Å². The minimum absolute atomic E-state index is 0.0192. The Morgan fingerprint density at radius 1 is 1.30 bits per heavy atom. The van der Waals surface area contributed by atoms with Crippen molar-refractivity contribution in [3.8, 4) is 0 Å². The van der Waals surface area contributed by atoms with E-state index >= 15 is 0 Å². The van der Waals surface area contributed by atoms with E-state index in [1.807, 2.05) is 25.1 Å². The van der Waals surface area contributed by atoms with Crippen molar-refractivity contribution >= 4 is 16.7 Å². The Balaban J connectivity index is 1.68. The van der Waals surface area contributed by atoms with Crippen molar-refractivity contribution in [3.63, 3.8) is 0 Å². The molecule has 1 unspecified atom stereocenters. The van der Waals surface area contributed by atoms with Gasteiger partial charge in [-0.2, -0.15) is 0 Å². The van der Waals surface area contributed by atoms with Crippen molar-refractivity contribution in [2.24, 2.45) is 0 Å². The number of hydrogen-bond acceptors (Lipinski definition) is 3. The lowest BCUT2D eigenvalue weighted by Crippen LogP contribution is -2.41. The Morgan fingerprint density at radius 3 is 2.91 bits per heavy atom. The van der Waals surface area contributed by atoms with E-state index in [4.69, 9.17) is 0 Å². The number of rotatable bonds is 5. The van der Waals surface area contributed by atoms with Gasteiger partial charge in [0.1, 0.15) is 0 Å². The third-order valence-corrected chi connectivity index (χ3v) is 4.72. The number of nitrogens with one attached hydrogen (secondary N) is 1. The topological polar surface area (TPSA) is 52.6 Å². The molecule has 0 spiro atoms. The smallest absolute Gasteiger partial charge is 0.234 e. The molecule has 0 radical (unpaired) electrons. The first kappa shape index (κ1) is 16.0. The fourth-order valence-electron chi connectivity index (χ4n) is 3.49. The lowest BCUT2D eigenvalue weighted by Gasteiger charge is -2.23. The van der Waals surface area contributed by atoms with Crippen LogP contribution in [0.15, 0.2) is 42.5 Å². The van der Waals surface area contributed by atoms with Crippen LogP contribution < -0.4 is 5.32 Å². The van der Waals surface area contributed by atoms with Crippen molar-refractivity contribution in [3.05, 3.63) is 48.0 Å². The molecule has 3 rings (SSSR count). The van der Waals surface area contributed by atoms with Crippen LogP contribution in [-0.4, -0.2) is 41.7 Å². The summed E-state index contributed by atoms with van der Waals surface area (Å²) in [6, 6.07) is 14.5. The molecule has 0 aliphatic carbocycles. The number of aliphatic hydroxyl groups excluding tert-OH is 1. The van der Waals surface area contributed by atoms with Gasteiger partial charge in [-0.05, 0) is 42.6 Å². The summed E-state index contributed by atoms with van der Waals surface area (Å²) in [5, 5.41) is 14.8. The maximum atomic E-state index is 12.3. The van der Waals surface area contributed by atoms with Gasteiger partial charge in [0.25, 0.3) is 0 Å². The summed E-state index contributed by atoms with van der Waals surface area (Å²) in [6.45, 7) is 3.40. The number of hydrogen-bond donors (Lipinski definition) is 2. The number of fused-ring (bicyclic) bond motifs is 1. The number of carbonyl (C=O) groups is 1. The SMILES string of the molecule is CC(NC(=O)CN1CCC[C@@H]1CO)c1cccc2ccccc12. The van der Waals surface area contributed by atoms with Crippen molar-refractivity contribution in [1.29, 1.82) is 0 Å². The van der Waals surface area contributed by atoms with Crippen LogP contribution >= 0.6 is 0 Å². The highest BCUT2D eigenvalue weighted by Gasteiger charge is 2.25. The second kappa shape index (κ2) is 7.11. The van der Waals surface area contributed by atoms with Gasteiger partial charge in [0.05, 0.1) is 19.2 Å². The molecule has 2 N–H and O–H groups in total. The highest BCUT2D eigenvalue weighted by Crippen LogP contribution is 2.24. The number of amides is 1. The highest BCUT2D eigenvalue weighted by molar-refractivity contribution is 5.87. The standard InChI is InChI=1S/C19H24N2O2/c1-14(17-10-4-7-15-6-2-3-9-18(15)17)20-19(23)12-21-11-5-8-16(21)13-22/h2-4,6-7,9-10,14,16,22H,5,8,11-13H2,1H3,(H,20,23)/t14?,16-/m1/s1. The van der Waals surface area contributed by atoms with E-state index in [0.717, 1.165) is 24.9 Å². The first-order chi connectivity index (χ1) is 11.2. The van der Waals surface area contributed by atoms with E-state index < -0.39 is 0 Å². The molecule has 4 nitrogen and oxygen atoms in total. The second-order valence-corrected chi connectivity index (χ2v) is 6.31. The van der Waals surface area contributed by atoms with Gasteiger partial charge in [-0.1, -0.05) is 42.5 Å². The van der Waals surface area contributed by atoms with Crippen LogP contribution in [0.1, 0.15) is 31.4 Å². The van der Waals surface area contributed by atoms with E-state index in [0.29, 0.717) is 6.54 Å². The summed E-state index contributed by atoms with van der Waals surface area (Å²) < 4.78 is 0. The number of nitrogens with zero attached hydrogens (tertiary/aromatic N) is 1. The molecule has 23 heavy (non-hydrogen) atoms. The van der Waals surface area contributed by atoms with Crippen molar-refractivity contribution in [2.75, 3.05) is 19.7 Å². The fraction of sp³-hybridized carbons (Fsp3) is 0.421. The molecule has 2 aromatic carbocycles. The Morgan fingerprint density at radius 2 is 2.09 bits per heavy atom. The lowest BCUT2D eigenvalue weighted by molar-refractivity contribution is -0.123. The van der Waals surface area contributed by atoms with Crippen LogP contribution in [0.2, 0.25) is 0 Å². The Labute approximate surface area is 137 Å². The van der Waals surface area contributed by atoms with Crippen LogP contribution in [0.4, 0.5) is 0 Å². The zero-order valence-corrected chi connectivity index (χ0v) is 13.5. The first-order valence-electron chi connectivity index (χ1n) is 8.31. The number of benzene rings is 2. The Hall–Kier alpha value is -1.91. The van der Waals surface area contributed by atoms with Gasteiger partial charge in [0.15, 0.2) is 0 Å². The maximum absolute atomic E-state index is 12.3. The first-order valence-corrected chi connectivity index (χ1v) is 8.31. The fourth-order valence-corrected chi connectivity index (χ4v) is 3.49. The van der Waals surface area contributed by atoms with E-state index in [-0.39, 0.29) is 24.6 Å². The van der Waals surface area contributed by atoms with Gasteiger partial charge in [-0.15, -0.1) is 0 Å². The summed E-state index contributed by atoms with van der Waals surface area (Å²) in [7, 11) is 0. The van der Waals surface area contributed by atoms with Crippen LogP contribution in [0.5, 0.6) is 0 Å². The van der Waals surface area contributed by atoms with E-state index in [1.165, 1.54) is 10.8 Å². The number of carbonyl (C=O) groups excluding carboxylic acids is 1. The molecular formula is C19H24N2O2. The zero-order chi connectivity index (χ0) is 16.2. The van der Waals surface area contributed by atoms with Gasteiger partial charge in [0, 0.05) is 6.04 Å². The molecule has 1 aliphatic rings. The predicted molar refractivity (Wildman–Crippen MR) is 92.2 cm³/mol. The van der Waals surface area contributed by atoms with E-state index in [1.54, 1.807) is 0 Å². The van der Waals surface area contributed by atoms with E-state index in [9.17, 15) is 9.90 Å². The van der Waals surface area contributed by atoms with Crippen molar-refractivity contribution in [1.82, 2.24) is 10.2 Å². The monoisotopic (exact) mass is 312 g/mol. The Bertz CT molecular complexity index is 681. The van der Waals surface area contributed by atoms with Gasteiger partial charge < -0.3 is 10.4 Å². The average Bonchev–Trinajstić information content (AvgIpc) is 3.01. The maximum Gasteiger partial charge on any atom is 0.234 e. The molecular weight excluding hydrogens is 288 g/mol. The minimum atomic E-state index is -0.0382. The van der Waals surface area contributed by atoms with Gasteiger partial charge >= 0.3 is 0 Å². The molecule has 0 saturated carbocycles. The summed E-state index contributed by atoms with van der Waals surface area (Å²) in [4.78, 5) is 14.4. The van der Waals surface area contributed by atoms with Gasteiger partial charge in [-0.25, -0.2) is 0 Å². The lowest BCUT2D eigenvalue weighted by atomic mass is 10.00. The van der Waals surface area contributed by atoms with Crippen LogP contribution in [0, 0.1) is 0 Å². The van der Waals surface area contributed by atoms with Crippen LogP contribution in [0.25, 0.3) is 10.8 Å². The molecule has 2 aromatic rings. The average molecular weight is 312 g/mol. The summed E-state index contributed by atoms with van der Waals surface area (Å²) >= 11 is 0. The van der Waals surface area contributed by atoms with Crippen molar-refractivity contribution < 1.29 is 9.90 Å². The van der Waals surface area contributed by atoms with Gasteiger partial charge in [0.2, 0.25) is 5.91 Å². The molecule has 1 saturated heterocycles. The second-order valence-electron chi connectivity index (χ2n) is 6.31. The highest BCUT2D eigenvalue weighted by atomic mass is 16.3. The van der Waals surface area contributed by atoms with Crippen LogP contribution in [0.3, 0.4) is 0 Å². The predicted octanol–water partition coefficient (Wildman–Crippen LogP) is 2.47. The molecule has 0 bridgehead atoms. The van der Waals surface area contributed by atoms with Crippen molar-refractivity contribution in [2.45, 2.75) is 31.8 Å². The molecule has 1 fully saturated rings. The number of likely N-dealkylation sites (tertiary alicyclic amines) is 1. The van der Waals surface area contributed by atoms with E-state index in [2.05, 4.69) is 34.5 Å². The Kier molecular flexibility index (Phi) is 4.94. The minimum Gasteiger partial charge on any atom is -0.395 e. The summed E-state index contributed by atoms with van der Waals surface area (Å²) in [5.74, 6) is 0.0192. The molecule has 122 valence electrons.